The van der Waals surface area contributed by atoms with Gasteiger partial charge in [0.05, 0.1) is 5.01 Å². The van der Waals surface area contributed by atoms with Crippen molar-refractivity contribution in [3.05, 3.63) is 58.0 Å². The average molecular weight is 298 g/mol. The molecule has 0 aliphatic heterocycles. The van der Waals surface area contributed by atoms with E-state index in [4.69, 9.17) is 0 Å². The Kier molecular flexibility index (Phi) is 4.18. The zero-order valence-corrected chi connectivity index (χ0v) is 12.8. The predicted octanol–water partition coefficient (Wildman–Crippen LogP) is 3.64. The Labute approximate surface area is 128 Å². The fraction of sp³-hybridized carbons (Fsp3) is 0.235. The minimum absolute atomic E-state index is 0.353. The number of aromatic nitrogens is 1. The fourth-order valence-electron chi connectivity index (χ4n) is 2.44. The third kappa shape index (κ3) is 3.23. The molecular formula is C17H18N2OS. The number of thiazole rings is 1. The van der Waals surface area contributed by atoms with Crippen LogP contribution in [-0.4, -0.2) is 16.6 Å². The highest BCUT2D eigenvalue weighted by atomic mass is 32.1. The molecule has 3 rings (SSSR count). The van der Waals surface area contributed by atoms with Crippen LogP contribution in [0.3, 0.4) is 0 Å². The van der Waals surface area contributed by atoms with Crippen LogP contribution in [0.2, 0.25) is 0 Å². The van der Waals surface area contributed by atoms with E-state index in [1.165, 1.54) is 0 Å². The molecule has 0 amide bonds. The van der Waals surface area contributed by atoms with Crippen molar-refractivity contribution in [1.82, 2.24) is 10.3 Å². The van der Waals surface area contributed by atoms with Crippen LogP contribution in [0.4, 0.5) is 0 Å². The Hall–Kier alpha value is -1.91. The molecule has 0 radical (unpaired) electrons. The van der Waals surface area contributed by atoms with Gasteiger partial charge in [0.2, 0.25) is 0 Å². The number of hydrogen-bond donors (Lipinski definition) is 2. The summed E-state index contributed by atoms with van der Waals surface area (Å²) in [4.78, 5) is 4.45. The summed E-state index contributed by atoms with van der Waals surface area (Å²) in [7, 11) is 0. The van der Waals surface area contributed by atoms with Gasteiger partial charge in [-0.25, -0.2) is 4.98 Å². The van der Waals surface area contributed by atoms with E-state index in [9.17, 15) is 5.11 Å². The van der Waals surface area contributed by atoms with Crippen molar-refractivity contribution in [2.75, 3.05) is 6.54 Å². The Morgan fingerprint density at radius 2 is 2.05 bits per heavy atom. The fourth-order valence-corrected chi connectivity index (χ4v) is 3.21. The first-order valence-electron chi connectivity index (χ1n) is 7.05. The predicted molar refractivity (Wildman–Crippen MR) is 87.9 cm³/mol. The molecule has 0 fully saturated rings. The summed E-state index contributed by atoms with van der Waals surface area (Å²) in [6.45, 7) is 3.54. The quantitative estimate of drug-likeness (QED) is 0.707. The highest BCUT2D eigenvalue weighted by molar-refractivity contribution is 7.09. The molecule has 21 heavy (non-hydrogen) atoms. The van der Waals surface area contributed by atoms with Gasteiger partial charge in [0.25, 0.3) is 0 Å². The molecule has 0 bridgehead atoms. The van der Waals surface area contributed by atoms with Crippen LogP contribution in [0.15, 0.2) is 41.8 Å². The second kappa shape index (κ2) is 6.24. The van der Waals surface area contributed by atoms with Crippen LogP contribution in [0.25, 0.3) is 10.8 Å². The Bertz CT molecular complexity index is 751. The van der Waals surface area contributed by atoms with Gasteiger partial charge in [0, 0.05) is 36.1 Å². The molecule has 108 valence electrons. The number of rotatable bonds is 5. The average Bonchev–Trinajstić information content (AvgIpc) is 2.91. The molecule has 1 heterocycles. The van der Waals surface area contributed by atoms with E-state index >= 15 is 0 Å². The monoisotopic (exact) mass is 298 g/mol. The van der Waals surface area contributed by atoms with Crippen LogP contribution >= 0.6 is 11.3 Å². The van der Waals surface area contributed by atoms with Crippen molar-refractivity contribution in [1.29, 1.82) is 0 Å². The van der Waals surface area contributed by atoms with Gasteiger partial charge >= 0.3 is 0 Å². The van der Waals surface area contributed by atoms with Gasteiger partial charge in [-0.2, -0.15) is 0 Å². The molecule has 3 aromatic rings. The lowest BCUT2D eigenvalue weighted by Crippen LogP contribution is -2.17. The Morgan fingerprint density at radius 1 is 1.19 bits per heavy atom. The summed E-state index contributed by atoms with van der Waals surface area (Å²) < 4.78 is 0. The van der Waals surface area contributed by atoms with E-state index in [2.05, 4.69) is 27.8 Å². The topological polar surface area (TPSA) is 45.1 Å². The normalized spacial score (nSPS) is 11.1. The minimum atomic E-state index is 0.353. The lowest BCUT2D eigenvalue weighted by Gasteiger charge is -2.10. The van der Waals surface area contributed by atoms with Crippen LogP contribution < -0.4 is 5.32 Å². The first kappa shape index (κ1) is 14.0. The summed E-state index contributed by atoms with van der Waals surface area (Å²) in [5.74, 6) is 0.353. The van der Waals surface area contributed by atoms with E-state index in [1.807, 2.05) is 25.1 Å². The van der Waals surface area contributed by atoms with Crippen LogP contribution in [-0.2, 0) is 13.0 Å². The number of nitrogens with one attached hydrogen (secondary N) is 1. The maximum atomic E-state index is 10.1. The van der Waals surface area contributed by atoms with E-state index in [0.717, 1.165) is 40.0 Å². The third-order valence-corrected chi connectivity index (χ3v) is 4.53. The van der Waals surface area contributed by atoms with Gasteiger partial charge < -0.3 is 10.4 Å². The van der Waals surface area contributed by atoms with E-state index < -0.39 is 0 Å². The van der Waals surface area contributed by atoms with Crippen molar-refractivity contribution < 1.29 is 5.11 Å². The minimum Gasteiger partial charge on any atom is -0.508 e. The molecule has 4 heteroatoms. The van der Waals surface area contributed by atoms with Crippen molar-refractivity contribution in [3.63, 3.8) is 0 Å². The van der Waals surface area contributed by atoms with E-state index in [0.29, 0.717) is 12.3 Å². The maximum Gasteiger partial charge on any atom is 0.120 e. The van der Waals surface area contributed by atoms with Crippen molar-refractivity contribution >= 4 is 22.1 Å². The lowest BCUT2D eigenvalue weighted by atomic mass is 10.0. The number of aromatic hydroxyl groups is 1. The first-order valence-corrected chi connectivity index (χ1v) is 7.93. The van der Waals surface area contributed by atoms with E-state index in [-0.39, 0.29) is 0 Å². The highest BCUT2D eigenvalue weighted by Gasteiger charge is 2.06. The maximum absolute atomic E-state index is 10.1. The first-order chi connectivity index (χ1) is 10.2. The number of benzene rings is 2. The SMILES string of the molecule is Cc1csc(CCNCc2c(O)ccc3ccccc23)n1. The van der Waals surface area contributed by atoms with Crippen molar-refractivity contribution in [3.8, 4) is 5.75 Å². The summed E-state index contributed by atoms with van der Waals surface area (Å²) in [5.41, 5.74) is 2.05. The van der Waals surface area contributed by atoms with Crippen LogP contribution in [0.1, 0.15) is 16.3 Å². The zero-order valence-electron chi connectivity index (χ0n) is 12.0. The summed E-state index contributed by atoms with van der Waals surface area (Å²) >= 11 is 1.70. The second-order valence-electron chi connectivity index (χ2n) is 5.09. The standard InChI is InChI=1S/C17H18N2OS/c1-12-11-21-17(19-12)8-9-18-10-15-14-5-3-2-4-13(14)6-7-16(15)20/h2-7,11,18,20H,8-10H2,1H3. The largest absolute Gasteiger partial charge is 0.508 e. The molecule has 0 aliphatic rings. The molecule has 0 saturated heterocycles. The van der Waals surface area contributed by atoms with E-state index in [1.54, 1.807) is 17.4 Å². The molecule has 2 aromatic carbocycles. The molecule has 2 N–H and O–H groups in total. The summed E-state index contributed by atoms with van der Waals surface area (Å²) in [5, 5.41) is 19.0. The second-order valence-corrected chi connectivity index (χ2v) is 6.04. The number of nitrogens with zero attached hydrogens (tertiary/aromatic N) is 1. The molecule has 0 atom stereocenters. The lowest BCUT2D eigenvalue weighted by molar-refractivity contribution is 0.466. The molecule has 0 spiro atoms. The van der Waals surface area contributed by atoms with Gasteiger partial charge in [0.15, 0.2) is 0 Å². The van der Waals surface area contributed by atoms with Gasteiger partial charge in [-0.15, -0.1) is 11.3 Å². The van der Waals surface area contributed by atoms with Gasteiger partial charge in [0.1, 0.15) is 5.75 Å². The Morgan fingerprint density at radius 3 is 2.86 bits per heavy atom. The number of fused-ring (bicyclic) bond motifs is 1. The molecule has 1 aromatic heterocycles. The van der Waals surface area contributed by atoms with Crippen LogP contribution in [0.5, 0.6) is 5.75 Å². The van der Waals surface area contributed by atoms with Gasteiger partial charge in [-0.05, 0) is 23.8 Å². The molecule has 0 saturated carbocycles. The summed E-state index contributed by atoms with van der Waals surface area (Å²) in [6.07, 6.45) is 0.921. The highest BCUT2D eigenvalue weighted by Crippen LogP contribution is 2.26. The molecule has 0 aliphatic carbocycles. The molecule has 3 nitrogen and oxygen atoms in total. The van der Waals surface area contributed by atoms with Gasteiger partial charge in [-0.3, -0.25) is 0 Å². The number of phenols is 1. The number of aryl methyl sites for hydroxylation is 1. The van der Waals surface area contributed by atoms with Crippen molar-refractivity contribution in [2.45, 2.75) is 19.9 Å². The van der Waals surface area contributed by atoms with Gasteiger partial charge in [-0.1, -0.05) is 30.3 Å². The molecular weight excluding hydrogens is 280 g/mol. The Balaban J connectivity index is 1.66. The smallest absolute Gasteiger partial charge is 0.120 e. The van der Waals surface area contributed by atoms with Crippen molar-refractivity contribution in [2.24, 2.45) is 0 Å². The zero-order chi connectivity index (χ0) is 14.7. The molecule has 0 unspecified atom stereocenters. The van der Waals surface area contributed by atoms with Crippen LogP contribution in [0, 0.1) is 6.92 Å². The number of hydrogen-bond acceptors (Lipinski definition) is 4. The third-order valence-electron chi connectivity index (χ3n) is 3.50. The summed E-state index contributed by atoms with van der Waals surface area (Å²) in [6, 6.07) is 11.9. The number of phenolic OH excluding ortho intramolecular Hbond substituents is 1.